The molecule has 2 nitrogen and oxygen atoms in total. The Morgan fingerprint density at radius 2 is 1.26 bits per heavy atom. The summed E-state index contributed by atoms with van der Waals surface area (Å²) in [5, 5.41) is 10.7. The van der Waals surface area contributed by atoms with E-state index in [0.29, 0.717) is 5.75 Å². The standard InChI is InChI=1S/C20H27NO.ClH/c1-19(2,3)16-12-15(14-21-10-8-7-9-11-21)13-17(18(16)22)20(4,5)6;/h7-13H,14H2,1-6H3;1H. The first-order valence-corrected chi connectivity index (χ1v) is 7.90. The van der Waals surface area contributed by atoms with Crippen LogP contribution in [0.5, 0.6) is 5.75 Å². The highest BCUT2D eigenvalue weighted by Crippen LogP contribution is 2.39. The molecule has 3 heteroatoms. The molecule has 126 valence electrons. The van der Waals surface area contributed by atoms with Crippen molar-refractivity contribution < 1.29 is 22.1 Å². The number of rotatable bonds is 2. The Labute approximate surface area is 146 Å². The fourth-order valence-electron chi connectivity index (χ4n) is 2.68. The van der Waals surface area contributed by atoms with Crippen LogP contribution >= 0.6 is 0 Å². The molecular weight excluding hydrogens is 306 g/mol. The minimum atomic E-state index is -0.0819. The maximum absolute atomic E-state index is 10.7. The second kappa shape index (κ2) is 6.92. The highest BCUT2D eigenvalue weighted by Gasteiger charge is 2.27. The molecule has 0 saturated carbocycles. The third kappa shape index (κ3) is 4.71. The van der Waals surface area contributed by atoms with E-state index in [1.807, 2.05) is 18.2 Å². The van der Waals surface area contributed by atoms with Gasteiger partial charge in [0.1, 0.15) is 5.75 Å². The fraction of sp³-hybridized carbons (Fsp3) is 0.450. The summed E-state index contributed by atoms with van der Waals surface area (Å²) >= 11 is 0. The molecule has 0 radical (unpaired) electrons. The van der Waals surface area contributed by atoms with Crippen LogP contribution < -0.4 is 17.0 Å². The molecule has 1 aromatic heterocycles. The van der Waals surface area contributed by atoms with Gasteiger partial charge in [0.05, 0.1) is 0 Å². The van der Waals surface area contributed by atoms with E-state index >= 15 is 0 Å². The number of pyridine rings is 1. The first-order chi connectivity index (χ1) is 10.1. The van der Waals surface area contributed by atoms with Crippen molar-refractivity contribution in [1.82, 2.24) is 0 Å². The topological polar surface area (TPSA) is 24.1 Å². The molecule has 0 atom stereocenters. The Morgan fingerprint density at radius 1 is 0.826 bits per heavy atom. The molecule has 2 rings (SSSR count). The number of aromatic hydroxyl groups is 1. The van der Waals surface area contributed by atoms with E-state index in [2.05, 4.69) is 70.6 Å². The van der Waals surface area contributed by atoms with E-state index in [1.54, 1.807) is 0 Å². The van der Waals surface area contributed by atoms with Crippen LogP contribution in [-0.4, -0.2) is 5.11 Å². The quantitative estimate of drug-likeness (QED) is 0.824. The average molecular weight is 334 g/mol. The normalized spacial score (nSPS) is 11.9. The van der Waals surface area contributed by atoms with Crippen LogP contribution in [0, 0.1) is 0 Å². The Balaban J connectivity index is 0.00000264. The van der Waals surface area contributed by atoms with Gasteiger partial charge in [-0.25, -0.2) is 4.57 Å². The molecule has 0 spiro atoms. The smallest absolute Gasteiger partial charge is 0.173 e. The van der Waals surface area contributed by atoms with Crippen LogP contribution in [0.1, 0.15) is 58.2 Å². The van der Waals surface area contributed by atoms with Crippen molar-refractivity contribution in [2.45, 2.75) is 58.9 Å². The zero-order chi connectivity index (χ0) is 16.5. The maximum Gasteiger partial charge on any atom is 0.173 e. The lowest BCUT2D eigenvalue weighted by Crippen LogP contribution is -3.00. The van der Waals surface area contributed by atoms with E-state index in [4.69, 9.17) is 0 Å². The zero-order valence-corrected chi connectivity index (χ0v) is 15.8. The van der Waals surface area contributed by atoms with Gasteiger partial charge in [-0.15, -0.1) is 0 Å². The molecule has 1 aromatic carbocycles. The first-order valence-electron chi connectivity index (χ1n) is 7.90. The van der Waals surface area contributed by atoms with Gasteiger partial charge >= 0.3 is 0 Å². The van der Waals surface area contributed by atoms with Gasteiger partial charge in [-0.2, -0.15) is 0 Å². The zero-order valence-electron chi connectivity index (χ0n) is 15.0. The minimum Gasteiger partial charge on any atom is -1.00 e. The molecule has 2 aromatic rings. The van der Waals surface area contributed by atoms with Gasteiger partial charge in [0, 0.05) is 28.8 Å². The molecule has 0 fully saturated rings. The molecule has 0 saturated heterocycles. The summed E-state index contributed by atoms with van der Waals surface area (Å²) in [6.07, 6.45) is 4.14. The predicted molar refractivity (Wildman–Crippen MR) is 91.2 cm³/mol. The number of benzene rings is 1. The molecule has 0 aliphatic heterocycles. The monoisotopic (exact) mass is 333 g/mol. The van der Waals surface area contributed by atoms with Crippen LogP contribution in [0.3, 0.4) is 0 Å². The van der Waals surface area contributed by atoms with Crippen molar-refractivity contribution >= 4 is 0 Å². The number of aromatic nitrogens is 1. The minimum absolute atomic E-state index is 0. The molecule has 0 amide bonds. The molecule has 0 bridgehead atoms. The fourth-order valence-corrected chi connectivity index (χ4v) is 2.68. The van der Waals surface area contributed by atoms with Gasteiger partial charge in [0.2, 0.25) is 0 Å². The van der Waals surface area contributed by atoms with Gasteiger partial charge in [-0.1, -0.05) is 47.6 Å². The Kier molecular flexibility index (Phi) is 5.87. The highest BCUT2D eigenvalue weighted by atomic mass is 35.5. The summed E-state index contributed by atoms with van der Waals surface area (Å²) < 4.78 is 2.16. The Bertz CT molecular complexity index is 617. The summed E-state index contributed by atoms with van der Waals surface area (Å²) in [5.41, 5.74) is 3.10. The molecule has 1 N–H and O–H groups in total. The van der Waals surface area contributed by atoms with Crippen molar-refractivity contribution in [2.75, 3.05) is 0 Å². The lowest BCUT2D eigenvalue weighted by Gasteiger charge is -2.27. The van der Waals surface area contributed by atoms with Crippen LogP contribution in [-0.2, 0) is 17.4 Å². The van der Waals surface area contributed by atoms with Gasteiger partial charge < -0.3 is 17.5 Å². The lowest BCUT2D eigenvalue weighted by atomic mass is 9.78. The van der Waals surface area contributed by atoms with Gasteiger partial charge in [-0.05, 0) is 23.0 Å². The third-order valence-electron chi connectivity index (χ3n) is 3.93. The average Bonchev–Trinajstić information content (AvgIpc) is 2.39. The number of phenolic OH excluding ortho intramolecular Hbond substituents is 1. The highest BCUT2D eigenvalue weighted by molar-refractivity contribution is 5.49. The molecule has 1 heterocycles. The summed E-state index contributed by atoms with van der Waals surface area (Å²) in [5.74, 6) is 0.446. The molecule has 0 aliphatic carbocycles. The Morgan fingerprint density at radius 3 is 1.65 bits per heavy atom. The number of hydrogen-bond acceptors (Lipinski definition) is 1. The van der Waals surface area contributed by atoms with Crippen LogP contribution in [0.15, 0.2) is 42.7 Å². The Hall–Kier alpha value is -1.54. The van der Waals surface area contributed by atoms with Gasteiger partial charge in [0.15, 0.2) is 18.9 Å². The van der Waals surface area contributed by atoms with E-state index in [9.17, 15) is 5.11 Å². The van der Waals surface area contributed by atoms with Crippen LogP contribution in [0.4, 0.5) is 0 Å². The van der Waals surface area contributed by atoms with Crippen LogP contribution in [0.2, 0.25) is 0 Å². The van der Waals surface area contributed by atoms with E-state index in [-0.39, 0.29) is 23.2 Å². The summed E-state index contributed by atoms with van der Waals surface area (Å²) in [6, 6.07) is 10.4. The second-order valence-corrected chi connectivity index (χ2v) is 8.09. The number of phenols is 1. The SMILES string of the molecule is CC(C)(C)c1cc(C[n+]2ccccc2)cc(C(C)(C)C)c1O.[Cl-]. The molecule has 0 aliphatic rings. The van der Waals surface area contributed by atoms with Crippen molar-refractivity contribution in [3.63, 3.8) is 0 Å². The van der Waals surface area contributed by atoms with Crippen molar-refractivity contribution in [2.24, 2.45) is 0 Å². The van der Waals surface area contributed by atoms with E-state index in [1.165, 1.54) is 5.56 Å². The van der Waals surface area contributed by atoms with Crippen LogP contribution in [0.25, 0.3) is 0 Å². The first kappa shape index (κ1) is 19.5. The predicted octanol–water partition coefficient (Wildman–Crippen LogP) is 1.33. The van der Waals surface area contributed by atoms with Crippen molar-refractivity contribution in [3.8, 4) is 5.75 Å². The number of nitrogens with zero attached hydrogens (tertiary/aromatic N) is 1. The summed E-state index contributed by atoms with van der Waals surface area (Å²) in [6.45, 7) is 13.7. The second-order valence-electron chi connectivity index (χ2n) is 8.09. The lowest BCUT2D eigenvalue weighted by molar-refractivity contribution is -0.688. The molecule has 23 heavy (non-hydrogen) atoms. The molecule has 0 unspecified atom stereocenters. The maximum atomic E-state index is 10.7. The largest absolute Gasteiger partial charge is 1.00 e. The summed E-state index contributed by atoms with van der Waals surface area (Å²) in [7, 11) is 0. The van der Waals surface area contributed by atoms with E-state index < -0.39 is 0 Å². The number of hydrogen-bond donors (Lipinski definition) is 1. The van der Waals surface area contributed by atoms with E-state index in [0.717, 1.165) is 17.7 Å². The van der Waals surface area contributed by atoms with Crippen molar-refractivity contribution in [3.05, 3.63) is 59.4 Å². The van der Waals surface area contributed by atoms with Gasteiger partial charge in [0.25, 0.3) is 0 Å². The third-order valence-corrected chi connectivity index (χ3v) is 3.93. The summed E-state index contributed by atoms with van der Waals surface area (Å²) in [4.78, 5) is 0. The number of halogens is 1. The molecular formula is C20H28ClNO. The van der Waals surface area contributed by atoms with Crippen molar-refractivity contribution in [1.29, 1.82) is 0 Å². The van der Waals surface area contributed by atoms with Gasteiger partial charge in [-0.3, -0.25) is 0 Å².